The van der Waals surface area contributed by atoms with Crippen LogP contribution in [0.15, 0.2) is 47.1 Å². The summed E-state index contributed by atoms with van der Waals surface area (Å²) < 4.78 is 9.07. The maximum absolute atomic E-state index is 9.25. The number of aliphatic hydroxyl groups is 1. The zero-order valence-corrected chi connectivity index (χ0v) is 13.2. The minimum absolute atomic E-state index is 0.0501. The first-order valence-corrected chi connectivity index (χ1v) is 7.63. The van der Waals surface area contributed by atoms with Gasteiger partial charge in [-0.15, -0.1) is 0 Å². The van der Waals surface area contributed by atoms with E-state index in [1.165, 1.54) is 0 Å². The van der Waals surface area contributed by atoms with Gasteiger partial charge < -0.3 is 19.8 Å². The van der Waals surface area contributed by atoms with E-state index >= 15 is 0 Å². The van der Waals surface area contributed by atoms with Gasteiger partial charge in [0.25, 0.3) is 0 Å². The van der Waals surface area contributed by atoms with E-state index in [0.717, 1.165) is 11.0 Å². The molecule has 0 aliphatic heterocycles. The summed E-state index contributed by atoms with van der Waals surface area (Å²) in [6.45, 7) is 0.259. The fraction of sp³-hybridized carbons (Fsp3) is 0.176. The molecule has 122 valence electrons. The van der Waals surface area contributed by atoms with E-state index < -0.39 is 0 Å². The van der Waals surface area contributed by atoms with Gasteiger partial charge in [-0.3, -0.25) is 0 Å². The summed E-state index contributed by atoms with van der Waals surface area (Å²) in [5, 5.41) is 13.8. The van der Waals surface area contributed by atoms with E-state index in [1.807, 2.05) is 41.9 Å². The van der Waals surface area contributed by atoms with Gasteiger partial charge in [0.2, 0.25) is 0 Å². The lowest BCUT2D eigenvalue weighted by molar-refractivity contribution is 0.270. The summed E-state index contributed by atoms with van der Waals surface area (Å²) in [6, 6.07) is 11.5. The van der Waals surface area contributed by atoms with Gasteiger partial charge in [-0.1, -0.05) is 12.1 Å². The zero-order chi connectivity index (χ0) is 16.7. The van der Waals surface area contributed by atoms with E-state index in [9.17, 15) is 5.11 Å². The number of anilines is 1. The molecule has 0 atom stereocenters. The molecule has 7 heteroatoms. The number of nitrogens with two attached hydrogens (primary N) is 1. The van der Waals surface area contributed by atoms with Crippen molar-refractivity contribution in [2.45, 2.75) is 6.54 Å². The van der Waals surface area contributed by atoms with Crippen LogP contribution in [-0.2, 0) is 13.6 Å². The Hall–Kier alpha value is -3.06. The van der Waals surface area contributed by atoms with Gasteiger partial charge in [0.1, 0.15) is 17.3 Å². The minimum Gasteiger partial charge on any atom is -0.463 e. The van der Waals surface area contributed by atoms with Crippen molar-refractivity contribution in [3.05, 3.63) is 42.7 Å². The lowest BCUT2D eigenvalue weighted by Gasteiger charge is -2.04. The second-order valence-electron chi connectivity index (χ2n) is 5.52. The van der Waals surface area contributed by atoms with Gasteiger partial charge in [0.15, 0.2) is 5.76 Å². The molecule has 4 rings (SSSR count). The predicted octanol–water partition coefficient (Wildman–Crippen LogP) is 2.27. The largest absolute Gasteiger partial charge is 0.463 e. The number of hydrogen-bond acceptors (Lipinski definition) is 5. The first-order chi connectivity index (χ1) is 11.7. The van der Waals surface area contributed by atoms with Crippen LogP contribution >= 0.6 is 0 Å². The molecule has 4 aromatic rings. The van der Waals surface area contributed by atoms with Crippen molar-refractivity contribution in [1.29, 1.82) is 0 Å². The normalized spacial score (nSPS) is 11.4. The van der Waals surface area contributed by atoms with Crippen LogP contribution < -0.4 is 5.73 Å². The number of furan rings is 1. The van der Waals surface area contributed by atoms with Gasteiger partial charge >= 0.3 is 0 Å². The molecule has 0 amide bonds. The molecule has 0 aliphatic carbocycles. The number of rotatable bonds is 4. The number of nitrogen functional groups attached to an aromatic ring is 1. The van der Waals surface area contributed by atoms with E-state index in [4.69, 9.17) is 15.1 Å². The van der Waals surface area contributed by atoms with E-state index in [0.29, 0.717) is 35.2 Å². The Morgan fingerprint density at radius 3 is 2.75 bits per heavy atom. The van der Waals surface area contributed by atoms with Crippen LogP contribution in [0.5, 0.6) is 0 Å². The molecule has 0 unspecified atom stereocenters. The Kier molecular flexibility index (Phi) is 3.35. The molecule has 0 aliphatic rings. The first-order valence-electron chi connectivity index (χ1n) is 7.63. The maximum atomic E-state index is 9.25. The Balaban J connectivity index is 2.00. The average Bonchev–Trinajstić information content (AvgIpc) is 3.28. The van der Waals surface area contributed by atoms with Gasteiger partial charge in [0.05, 0.1) is 36.0 Å². The molecular weight excluding hydrogens is 306 g/mol. The van der Waals surface area contributed by atoms with Crippen LogP contribution in [0.3, 0.4) is 0 Å². The number of aryl methyl sites for hydroxylation is 1. The van der Waals surface area contributed by atoms with Crippen molar-refractivity contribution in [1.82, 2.24) is 19.3 Å². The number of aromatic nitrogens is 4. The van der Waals surface area contributed by atoms with Crippen molar-refractivity contribution in [2.24, 2.45) is 7.05 Å². The summed E-state index contributed by atoms with van der Waals surface area (Å²) in [6.07, 6.45) is 1.59. The Labute approximate surface area is 137 Å². The molecule has 3 aromatic heterocycles. The second kappa shape index (κ2) is 5.54. The van der Waals surface area contributed by atoms with Crippen molar-refractivity contribution in [3.8, 4) is 22.8 Å². The summed E-state index contributed by atoms with van der Waals surface area (Å²) in [4.78, 5) is 4.71. The smallest absolute Gasteiger partial charge is 0.154 e. The fourth-order valence-electron chi connectivity index (χ4n) is 2.92. The van der Waals surface area contributed by atoms with Gasteiger partial charge in [-0.25, -0.2) is 9.67 Å². The molecule has 3 N–H and O–H groups in total. The van der Waals surface area contributed by atoms with Crippen LogP contribution in [0, 0.1) is 0 Å². The molecule has 0 bridgehead atoms. The highest BCUT2D eigenvalue weighted by Crippen LogP contribution is 2.37. The monoisotopic (exact) mass is 323 g/mol. The SMILES string of the molecule is Cn1c(-c2c(-c3ccco3)nn(CCO)c2N)nc2ccccc21. The van der Waals surface area contributed by atoms with Gasteiger partial charge in [0, 0.05) is 7.05 Å². The van der Waals surface area contributed by atoms with Crippen molar-refractivity contribution < 1.29 is 9.52 Å². The molecule has 0 fully saturated rings. The van der Waals surface area contributed by atoms with Crippen molar-refractivity contribution in [3.63, 3.8) is 0 Å². The molecular formula is C17H17N5O2. The topological polar surface area (TPSA) is 95.0 Å². The summed E-state index contributed by atoms with van der Waals surface area (Å²) in [7, 11) is 1.94. The zero-order valence-electron chi connectivity index (χ0n) is 13.2. The van der Waals surface area contributed by atoms with Crippen LogP contribution in [0.25, 0.3) is 33.9 Å². The molecule has 7 nitrogen and oxygen atoms in total. The summed E-state index contributed by atoms with van der Waals surface area (Å²) in [5.74, 6) is 1.78. The molecule has 3 heterocycles. The minimum atomic E-state index is -0.0501. The number of hydrogen-bond donors (Lipinski definition) is 2. The Morgan fingerprint density at radius 1 is 1.21 bits per heavy atom. The number of para-hydroxylation sites is 2. The number of nitrogens with zero attached hydrogens (tertiary/aromatic N) is 4. The quantitative estimate of drug-likeness (QED) is 0.601. The highest BCUT2D eigenvalue weighted by atomic mass is 16.3. The van der Waals surface area contributed by atoms with E-state index in [-0.39, 0.29) is 6.61 Å². The molecule has 0 spiro atoms. The summed E-state index contributed by atoms with van der Waals surface area (Å²) >= 11 is 0. The Morgan fingerprint density at radius 2 is 2.04 bits per heavy atom. The predicted molar refractivity (Wildman–Crippen MR) is 91.1 cm³/mol. The third-order valence-corrected chi connectivity index (χ3v) is 4.07. The number of fused-ring (bicyclic) bond motifs is 1. The summed E-state index contributed by atoms with van der Waals surface area (Å²) in [5.41, 5.74) is 9.52. The van der Waals surface area contributed by atoms with Crippen molar-refractivity contribution in [2.75, 3.05) is 12.3 Å². The highest BCUT2D eigenvalue weighted by Gasteiger charge is 2.24. The Bertz CT molecular complexity index is 998. The third kappa shape index (κ3) is 2.10. The first kappa shape index (κ1) is 14.5. The van der Waals surface area contributed by atoms with E-state index in [1.54, 1.807) is 17.0 Å². The van der Waals surface area contributed by atoms with Crippen LogP contribution in [0.4, 0.5) is 5.82 Å². The fourth-order valence-corrected chi connectivity index (χ4v) is 2.92. The second-order valence-corrected chi connectivity index (χ2v) is 5.52. The molecule has 0 saturated heterocycles. The molecule has 1 aromatic carbocycles. The lowest BCUT2D eigenvalue weighted by Crippen LogP contribution is -2.08. The lowest BCUT2D eigenvalue weighted by atomic mass is 10.2. The molecule has 0 saturated carbocycles. The van der Waals surface area contributed by atoms with Gasteiger partial charge in [-0.05, 0) is 24.3 Å². The third-order valence-electron chi connectivity index (χ3n) is 4.07. The van der Waals surface area contributed by atoms with E-state index in [2.05, 4.69) is 5.10 Å². The number of aliphatic hydroxyl groups excluding tert-OH is 1. The molecule has 24 heavy (non-hydrogen) atoms. The highest BCUT2D eigenvalue weighted by molar-refractivity contribution is 5.88. The van der Waals surface area contributed by atoms with Gasteiger partial charge in [-0.2, -0.15) is 5.10 Å². The standard InChI is InChI=1S/C17H17N5O2/c1-21-12-6-3-2-5-11(12)19-17(21)14-15(13-7-4-10-24-13)20-22(8-9-23)16(14)18/h2-7,10,23H,8-9,18H2,1H3. The van der Waals surface area contributed by atoms with Crippen LogP contribution in [0.1, 0.15) is 0 Å². The van der Waals surface area contributed by atoms with Crippen molar-refractivity contribution >= 4 is 16.9 Å². The van der Waals surface area contributed by atoms with Crippen LogP contribution in [0.2, 0.25) is 0 Å². The number of imidazole rings is 1. The van der Waals surface area contributed by atoms with Crippen LogP contribution in [-0.4, -0.2) is 31.0 Å². The molecule has 0 radical (unpaired) electrons. The maximum Gasteiger partial charge on any atom is 0.154 e. The number of benzene rings is 1. The average molecular weight is 323 g/mol.